The van der Waals surface area contributed by atoms with Gasteiger partial charge in [-0.15, -0.1) is 0 Å². The van der Waals surface area contributed by atoms with E-state index in [0.29, 0.717) is 15.5 Å². The Balaban J connectivity index is 1.78. The number of nitrogens with zero attached hydrogens (tertiary/aromatic N) is 5. The molecule has 0 radical (unpaired) electrons. The van der Waals surface area contributed by atoms with E-state index in [1.54, 1.807) is 54.6 Å². The first-order chi connectivity index (χ1) is 12.6. The maximum atomic E-state index is 14.0. The van der Waals surface area contributed by atoms with E-state index in [1.807, 2.05) is 6.07 Å². The van der Waals surface area contributed by atoms with Gasteiger partial charge in [0.25, 0.3) is 5.91 Å². The van der Waals surface area contributed by atoms with E-state index < -0.39 is 5.82 Å². The van der Waals surface area contributed by atoms with E-state index in [2.05, 4.69) is 15.1 Å². The molecule has 26 heavy (non-hydrogen) atoms. The van der Waals surface area contributed by atoms with Crippen LogP contribution in [0.4, 0.5) is 9.52 Å². The van der Waals surface area contributed by atoms with Crippen LogP contribution in [0.1, 0.15) is 16.1 Å². The number of pyridine rings is 1. The fraction of sp³-hybridized carbons (Fsp3) is 0.111. The molecule has 0 atom stereocenters. The first-order valence-corrected chi connectivity index (χ1v) is 8.69. The maximum absolute atomic E-state index is 14.0. The largest absolute Gasteiger partial charge is 0.280 e. The molecule has 1 aromatic carbocycles. The van der Waals surface area contributed by atoms with Crippen molar-refractivity contribution in [3.8, 4) is 0 Å². The Bertz CT molecular complexity index is 1080. The van der Waals surface area contributed by atoms with Crippen LogP contribution >= 0.6 is 11.3 Å². The summed E-state index contributed by atoms with van der Waals surface area (Å²) >= 11 is 1.27. The summed E-state index contributed by atoms with van der Waals surface area (Å²) in [5.74, 6) is -0.703. The number of amides is 1. The Morgan fingerprint density at radius 3 is 2.85 bits per heavy atom. The van der Waals surface area contributed by atoms with Crippen LogP contribution in [0.25, 0.3) is 10.2 Å². The number of hydrogen-bond donors (Lipinski definition) is 0. The van der Waals surface area contributed by atoms with Gasteiger partial charge in [-0.3, -0.25) is 19.4 Å². The fourth-order valence-electron chi connectivity index (χ4n) is 2.59. The van der Waals surface area contributed by atoms with E-state index in [1.165, 1.54) is 22.3 Å². The summed E-state index contributed by atoms with van der Waals surface area (Å²) in [6.07, 6.45) is 5.06. The highest BCUT2D eigenvalue weighted by Crippen LogP contribution is 2.31. The van der Waals surface area contributed by atoms with Crippen molar-refractivity contribution in [3.63, 3.8) is 0 Å². The third-order valence-electron chi connectivity index (χ3n) is 3.83. The van der Waals surface area contributed by atoms with Gasteiger partial charge in [-0.25, -0.2) is 9.37 Å². The number of fused-ring (bicyclic) bond motifs is 1. The van der Waals surface area contributed by atoms with Gasteiger partial charge in [-0.1, -0.05) is 23.5 Å². The van der Waals surface area contributed by atoms with Crippen LogP contribution in [0.2, 0.25) is 0 Å². The number of anilines is 1. The monoisotopic (exact) mass is 367 g/mol. The molecule has 0 aliphatic carbocycles. The van der Waals surface area contributed by atoms with Crippen LogP contribution < -0.4 is 4.90 Å². The van der Waals surface area contributed by atoms with E-state index in [-0.39, 0.29) is 18.0 Å². The SMILES string of the molecule is Cn1ccc(C(=O)N(Cc2cccnc2)c2nc3c(F)cccc3s2)n1. The molecule has 0 spiro atoms. The quantitative estimate of drug-likeness (QED) is 0.554. The highest BCUT2D eigenvalue weighted by molar-refractivity contribution is 7.22. The van der Waals surface area contributed by atoms with Gasteiger partial charge in [-0.2, -0.15) is 5.10 Å². The number of carbonyl (C=O) groups is 1. The summed E-state index contributed by atoms with van der Waals surface area (Å²) in [5.41, 5.74) is 1.41. The minimum absolute atomic E-state index is 0.262. The van der Waals surface area contributed by atoms with Gasteiger partial charge in [0.2, 0.25) is 0 Å². The van der Waals surface area contributed by atoms with Crippen LogP contribution in [0, 0.1) is 5.82 Å². The average Bonchev–Trinajstić information content (AvgIpc) is 3.27. The number of hydrogen-bond acceptors (Lipinski definition) is 5. The Morgan fingerprint density at radius 2 is 2.15 bits per heavy atom. The molecule has 4 rings (SSSR count). The molecule has 0 aliphatic rings. The van der Waals surface area contributed by atoms with Crippen LogP contribution in [0.5, 0.6) is 0 Å². The molecule has 6 nitrogen and oxygen atoms in total. The Labute approximate surface area is 152 Å². The van der Waals surface area contributed by atoms with E-state index in [9.17, 15) is 9.18 Å². The number of aromatic nitrogens is 4. The number of halogens is 1. The average molecular weight is 367 g/mol. The van der Waals surface area contributed by atoms with Crippen molar-refractivity contribution in [3.05, 3.63) is 72.1 Å². The van der Waals surface area contributed by atoms with Crippen molar-refractivity contribution in [2.75, 3.05) is 4.90 Å². The van der Waals surface area contributed by atoms with Crippen LogP contribution in [0.15, 0.2) is 55.0 Å². The minimum atomic E-state index is -0.406. The molecule has 8 heteroatoms. The zero-order chi connectivity index (χ0) is 18.1. The van der Waals surface area contributed by atoms with Gasteiger partial charge in [0.15, 0.2) is 10.8 Å². The Hall–Kier alpha value is -3.13. The molecule has 0 saturated heterocycles. The van der Waals surface area contributed by atoms with Gasteiger partial charge < -0.3 is 0 Å². The molecule has 0 saturated carbocycles. The summed E-state index contributed by atoms with van der Waals surface area (Å²) in [7, 11) is 1.75. The molecule has 4 aromatic rings. The number of rotatable bonds is 4. The lowest BCUT2D eigenvalue weighted by atomic mass is 10.2. The molecule has 1 amide bonds. The summed E-state index contributed by atoms with van der Waals surface area (Å²) in [6, 6.07) is 10.1. The van der Waals surface area contributed by atoms with Gasteiger partial charge in [0.1, 0.15) is 11.3 Å². The van der Waals surface area contributed by atoms with Crippen molar-refractivity contribution >= 4 is 32.6 Å². The van der Waals surface area contributed by atoms with Gasteiger partial charge in [-0.05, 0) is 29.8 Å². The number of benzene rings is 1. The van der Waals surface area contributed by atoms with Crippen molar-refractivity contribution < 1.29 is 9.18 Å². The van der Waals surface area contributed by atoms with Crippen molar-refractivity contribution in [1.82, 2.24) is 19.7 Å². The molecule has 3 heterocycles. The molecule has 0 aliphatic heterocycles. The first kappa shape index (κ1) is 16.3. The lowest BCUT2D eigenvalue weighted by Crippen LogP contribution is -2.30. The van der Waals surface area contributed by atoms with E-state index >= 15 is 0 Å². The van der Waals surface area contributed by atoms with Crippen LogP contribution in [0.3, 0.4) is 0 Å². The normalized spacial score (nSPS) is 11.0. The van der Waals surface area contributed by atoms with E-state index in [0.717, 1.165) is 5.56 Å². The highest BCUT2D eigenvalue weighted by Gasteiger charge is 2.24. The molecule has 130 valence electrons. The second-order valence-corrected chi connectivity index (χ2v) is 6.72. The zero-order valence-corrected chi connectivity index (χ0v) is 14.7. The first-order valence-electron chi connectivity index (χ1n) is 7.87. The standard InChI is InChI=1S/C18H14FN5OS/c1-23-9-7-14(22-23)17(25)24(11-12-4-3-8-20-10-12)18-21-16-13(19)5-2-6-15(16)26-18/h2-10H,11H2,1H3. The lowest BCUT2D eigenvalue weighted by Gasteiger charge is -2.18. The highest BCUT2D eigenvalue weighted by atomic mass is 32.1. The molecule has 0 N–H and O–H groups in total. The fourth-order valence-corrected chi connectivity index (χ4v) is 3.56. The number of para-hydroxylation sites is 1. The molecule has 0 unspecified atom stereocenters. The second-order valence-electron chi connectivity index (χ2n) is 5.71. The predicted octanol–water partition coefficient (Wildman–Crippen LogP) is 3.41. The number of aryl methyl sites for hydroxylation is 1. The van der Waals surface area contributed by atoms with Gasteiger partial charge in [0.05, 0.1) is 11.2 Å². The third-order valence-corrected chi connectivity index (χ3v) is 4.87. The van der Waals surface area contributed by atoms with Gasteiger partial charge >= 0.3 is 0 Å². The summed E-state index contributed by atoms with van der Waals surface area (Å²) in [5, 5.41) is 4.60. The predicted molar refractivity (Wildman–Crippen MR) is 97.5 cm³/mol. The smallest absolute Gasteiger partial charge is 0.278 e. The molecule has 3 aromatic heterocycles. The lowest BCUT2D eigenvalue weighted by molar-refractivity contribution is 0.0979. The van der Waals surface area contributed by atoms with Crippen molar-refractivity contribution in [2.24, 2.45) is 7.05 Å². The number of carbonyl (C=O) groups excluding carboxylic acids is 1. The Kier molecular flexibility index (Phi) is 4.18. The van der Waals surface area contributed by atoms with Crippen molar-refractivity contribution in [2.45, 2.75) is 6.54 Å². The molecular weight excluding hydrogens is 353 g/mol. The van der Waals surface area contributed by atoms with Crippen LogP contribution in [-0.4, -0.2) is 25.7 Å². The van der Waals surface area contributed by atoms with Crippen molar-refractivity contribution in [1.29, 1.82) is 0 Å². The molecular formula is C18H14FN5OS. The Morgan fingerprint density at radius 1 is 1.27 bits per heavy atom. The molecule has 0 bridgehead atoms. The second kappa shape index (κ2) is 6.64. The number of thiazole rings is 1. The summed E-state index contributed by atoms with van der Waals surface area (Å²) in [4.78, 5) is 23.0. The van der Waals surface area contributed by atoms with E-state index in [4.69, 9.17) is 0 Å². The third kappa shape index (κ3) is 3.06. The zero-order valence-electron chi connectivity index (χ0n) is 13.8. The molecule has 0 fully saturated rings. The van der Waals surface area contributed by atoms with Gasteiger partial charge in [0, 0.05) is 25.6 Å². The minimum Gasteiger partial charge on any atom is -0.278 e. The maximum Gasteiger partial charge on any atom is 0.280 e. The summed E-state index contributed by atoms with van der Waals surface area (Å²) in [6.45, 7) is 0.269. The van der Waals surface area contributed by atoms with Crippen LogP contribution in [-0.2, 0) is 13.6 Å². The summed E-state index contributed by atoms with van der Waals surface area (Å²) < 4.78 is 16.3. The topological polar surface area (TPSA) is 63.9 Å².